The quantitative estimate of drug-likeness (QED) is 0.168. The van der Waals surface area contributed by atoms with Crippen LogP contribution >= 0.6 is 23.4 Å². The van der Waals surface area contributed by atoms with E-state index in [0.717, 1.165) is 58.0 Å². The first-order chi connectivity index (χ1) is 19.7. The van der Waals surface area contributed by atoms with Gasteiger partial charge in [0.05, 0.1) is 16.8 Å². The van der Waals surface area contributed by atoms with Gasteiger partial charge >= 0.3 is 0 Å². The number of halogens is 2. The first kappa shape index (κ1) is 29.5. The van der Waals surface area contributed by atoms with Crippen LogP contribution in [0.15, 0.2) is 78.9 Å². The molecule has 1 N–H and O–H groups in total. The van der Waals surface area contributed by atoms with Gasteiger partial charge in [0.15, 0.2) is 0 Å². The normalized spacial score (nSPS) is 19.5. The monoisotopic (exact) mass is 587 g/mol. The maximum absolute atomic E-state index is 14.3. The minimum atomic E-state index is -0.935. The molecule has 0 radical (unpaired) electrons. The van der Waals surface area contributed by atoms with Gasteiger partial charge in [0.1, 0.15) is 12.5 Å². The lowest BCUT2D eigenvalue weighted by molar-refractivity contribution is -0.108. The third kappa shape index (κ3) is 7.27. The molecular formula is C35H35ClFNO2S. The molecule has 3 atom stereocenters. The lowest BCUT2D eigenvalue weighted by Crippen LogP contribution is -2.18. The molecule has 1 aromatic heterocycles. The molecule has 6 heteroatoms. The van der Waals surface area contributed by atoms with Crippen molar-refractivity contribution >= 4 is 52.7 Å². The van der Waals surface area contributed by atoms with Gasteiger partial charge in [-0.15, -0.1) is 0 Å². The van der Waals surface area contributed by atoms with Crippen LogP contribution in [0.25, 0.3) is 23.1 Å². The molecule has 0 saturated heterocycles. The summed E-state index contributed by atoms with van der Waals surface area (Å²) >= 11 is 7.90. The van der Waals surface area contributed by atoms with Crippen molar-refractivity contribution in [3.63, 3.8) is 0 Å². The summed E-state index contributed by atoms with van der Waals surface area (Å²) in [5, 5.41) is 12.5. The molecule has 0 aliphatic heterocycles. The Morgan fingerprint density at radius 2 is 1.88 bits per heavy atom. The Morgan fingerprint density at radius 1 is 1.10 bits per heavy atom. The molecule has 1 aliphatic rings. The molecule has 41 heavy (non-hydrogen) atoms. The van der Waals surface area contributed by atoms with Crippen molar-refractivity contribution in [3.05, 3.63) is 112 Å². The molecular weight excluding hydrogens is 553 g/mol. The van der Waals surface area contributed by atoms with Crippen molar-refractivity contribution in [1.29, 1.82) is 0 Å². The number of carbonyl (C=O) groups is 1. The number of aliphatic hydroxyl groups is 1. The molecule has 0 amide bonds. The van der Waals surface area contributed by atoms with Gasteiger partial charge in [0.25, 0.3) is 0 Å². The Labute approximate surface area is 250 Å². The highest BCUT2D eigenvalue weighted by Gasteiger charge is 2.54. The van der Waals surface area contributed by atoms with E-state index in [1.807, 2.05) is 68.5 Å². The Kier molecular flexibility index (Phi) is 8.98. The van der Waals surface area contributed by atoms with E-state index in [1.54, 1.807) is 11.8 Å². The smallest absolute Gasteiger partial charge is 0.120 e. The largest absolute Gasteiger partial charge is 0.386 e. The van der Waals surface area contributed by atoms with Crippen LogP contribution in [-0.2, 0) is 16.8 Å². The molecule has 1 fully saturated rings. The number of hydrogen-bond donors (Lipinski definition) is 1. The number of benzene rings is 3. The Hall–Kier alpha value is -2.99. The van der Waals surface area contributed by atoms with Crippen LogP contribution in [0.4, 0.5) is 4.39 Å². The predicted molar refractivity (Wildman–Crippen MR) is 170 cm³/mol. The highest BCUT2D eigenvalue weighted by atomic mass is 35.5. The fourth-order valence-electron chi connectivity index (χ4n) is 5.36. The summed E-state index contributed by atoms with van der Waals surface area (Å²) in [4.78, 5) is 16.0. The molecule has 1 saturated carbocycles. The number of hydrogen-bond acceptors (Lipinski definition) is 4. The summed E-state index contributed by atoms with van der Waals surface area (Å²) in [5.74, 6) is 0.606. The summed E-state index contributed by atoms with van der Waals surface area (Å²) in [7, 11) is 0. The third-order valence-corrected chi connectivity index (χ3v) is 9.80. The summed E-state index contributed by atoms with van der Waals surface area (Å²) in [6.45, 7) is 3.62. The van der Waals surface area contributed by atoms with E-state index in [4.69, 9.17) is 16.6 Å². The van der Waals surface area contributed by atoms with E-state index in [0.29, 0.717) is 17.2 Å². The SMILES string of the molecule is CC(C)(O)c1ccccc1CC[C@@H](SC[C@]1(CC=O)C[C@H]1F)c1cccc(/C=C/c2ccc3ccc(Cl)cc3n2)c1. The van der Waals surface area contributed by atoms with E-state index in [-0.39, 0.29) is 11.7 Å². The number of nitrogens with zero attached hydrogens (tertiary/aromatic N) is 1. The summed E-state index contributed by atoms with van der Waals surface area (Å²) in [6.07, 6.45) is 6.33. The fourth-order valence-corrected chi connectivity index (χ4v) is 7.10. The second kappa shape index (κ2) is 12.5. The minimum Gasteiger partial charge on any atom is -0.386 e. The van der Waals surface area contributed by atoms with Crippen molar-refractivity contribution in [2.75, 3.05) is 5.75 Å². The highest BCUT2D eigenvalue weighted by Crippen LogP contribution is 2.55. The number of aromatic nitrogens is 1. The van der Waals surface area contributed by atoms with Crippen molar-refractivity contribution in [1.82, 2.24) is 4.98 Å². The van der Waals surface area contributed by atoms with Gasteiger partial charge in [0, 0.05) is 33.2 Å². The lowest BCUT2D eigenvalue weighted by atomic mass is 9.90. The average molecular weight is 588 g/mol. The van der Waals surface area contributed by atoms with Crippen LogP contribution in [0.1, 0.15) is 66.3 Å². The van der Waals surface area contributed by atoms with Crippen molar-refractivity contribution in [2.45, 2.75) is 56.6 Å². The molecule has 0 bridgehead atoms. The summed E-state index contributed by atoms with van der Waals surface area (Å²) in [5.41, 5.74) is 4.48. The maximum Gasteiger partial charge on any atom is 0.120 e. The van der Waals surface area contributed by atoms with Crippen LogP contribution < -0.4 is 0 Å². The minimum absolute atomic E-state index is 0.107. The van der Waals surface area contributed by atoms with Crippen molar-refractivity contribution in [3.8, 4) is 0 Å². The van der Waals surface area contributed by atoms with E-state index >= 15 is 0 Å². The van der Waals surface area contributed by atoms with Crippen LogP contribution in [0.5, 0.6) is 0 Å². The lowest BCUT2D eigenvalue weighted by Gasteiger charge is -2.24. The van der Waals surface area contributed by atoms with Crippen LogP contribution in [0.2, 0.25) is 5.02 Å². The van der Waals surface area contributed by atoms with Crippen molar-refractivity contribution in [2.24, 2.45) is 5.41 Å². The van der Waals surface area contributed by atoms with E-state index < -0.39 is 17.2 Å². The van der Waals surface area contributed by atoms with Gasteiger partial charge in [-0.2, -0.15) is 11.8 Å². The van der Waals surface area contributed by atoms with Gasteiger partial charge in [-0.05, 0) is 79.6 Å². The Morgan fingerprint density at radius 3 is 2.63 bits per heavy atom. The van der Waals surface area contributed by atoms with Gasteiger partial charge in [0.2, 0.25) is 0 Å². The maximum atomic E-state index is 14.3. The van der Waals surface area contributed by atoms with Crippen LogP contribution in [0, 0.1) is 5.41 Å². The standard InChI is InChI=1S/C35H35ClFNO2S/c1-34(2,40)30-9-4-3-7-25(30)13-17-32(41-23-35(18-19-39)22-33(35)37)27-8-5-6-24(20-27)10-15-29-16-12-26-11-14-28(36)21-31(26)38-29/h3-12,14-16,19-21,32-33,40H,13,17-18,22-23H2,1-2H3/b15-10+/t32-,33-,35+/m1/s1. The van der Waals surface area contributed by atoms with Gasteiger partial charge in [-0.1, -0.05) is 78.3 Å². The Balaban J connectivity index is 1.38. The topological polar surface area (TPSA) is 50.2 Å². The fraction of sp³-hybridized carbons (Fsp3) is 0.314. The van der Waals surface area contributed by atoms with E-state index in [9.17, 15) is 14.3 Å². The first-order valence-electron chi connectivity index (χ1n) is 14.0. The van der Waals surface area contributed by atoms with Gasteiger partial charge < -0.3 is 9.90 Å². The number of thioether (sulfide) groups is 1. The Bertz CT molecular complexity index is 1570. The first-order valence-corrected chi connectivity index (χ1v) is 15.4. The third-order valence-electron chi connectivity index (χ3n) is 7.91. The van der Waals surface area contributed by atoms with Gasteiger partial charge in [-0.25, -0.2) is 9.37 Å². The number of aldehydes is 1. The molecule has 1 aliphatic carbocycles. The van der Waals surface area contributed by atoms with E-state index in [2.05, 4.69) is 36.4 Å². The highest BCUT2D eigenvalue weighted by molar-refractivity contribution is 7.99. The second-order valence-corrected chi connectivity index (χ2v) is 13.2. The molecule has 0 spiro atoms. The molecule has 1 heterocycles. The number of aryl methyl sites for hydroxylation is 1. The van der Waals surface area contributed by atoms with Gasteiger partial charge in [-0.3, -0.25) is 0 Å². The molecule has 3 aromatic carbocycles. The average Bonchev–Trinajstić information content (AvgIpc) is 3.59. The predicted octanol–water partition coefficient (Wildman–Crippen LogP) is 9.01. The molecule has 212 valence electrons. The van der Waals surface area contributed by atoms with Crippen LogP contribution in [-0.4, -0.2) is 28.3 Å². The van der Waals surface area contributed by atoms with Crippen molar-refractivity contribution < 1.29 is 14.3 Å². The second-order valence-electron chi connectivity index (χ2n) is 11.5. The number of carbonyl (C=O) groups excluding carboxylic acids is 1. The number of alkyl halides is 1. The molecule has 5 rings (SSSR count). The van der Waals surface area contributed by atoms with E-state index in [1.165, 1.54) is 0 Å². The number of rotatable bonds is 12. The zero-order valence-corrected chi connectivity index (χ0v) is 25.0. The molecule has 4 aromatic rings. The summed E-state index contributed by atoms with van der Waals surface area (Å²) < 4.78 is 14.3. The zero-order chi connectivity index (χ0) is 29.0. The number of pyridine rings is 1. The zero-order valence-electron chi connectivity index (χ0n) is 23.4. The molecule has 0 unspecified atom stereocenters. The molecule has 3 nitrogen and oxygen atoms in total. The van der Waals surface area contributed by atoms with Crippen LogP contribution in [0.3, 0.4) is 0 Å². The number of fused-ring (bicyclic) bond motifs is 1. The summed E-state index contributed by atoms with van der Waals surface area (Å²) in [6, 6.07) is 26.2.